The summed E-state index contributed by atoms with van der Waals surface area (Å²) in [6.07, 6.45) is 0. The van der Waals surface area contributed by atoms with E-state index in [4.69, 9.17) is 0 Å². The first-order valence-corrected chi connectivity index (χ1v) is 3.67. The average Bonchev–Trinajstić information content (AvgIpc) is 2.30. The van der Waals surface area contributed by atoms with E-state index in [1.54, 1.807) is 0 Å². The summed E-state index contributed by atoms with van der Waals surface area (Å²) >= 11 is 0. The molecule has 0 saturated carbocycles. The van der Waals surface area contributed by atoms with Gasteiger partial charge in [0.15, 0.2) is 0 Å². The highest BCUT2D eigenvalue weighted by atomic mass is 15.3. The second-order valence-electron chi connectivity index (χ2n) is 2.73. The summed E-state index contributed by atoms with van der Waals surface area (Å²) in [5.41, 5.74) is 2.30. The first-order chi connectivity index (χ1) is 5.29. The molecular weight excluding hydrogens is 148 g/mol. The summed E-state index contributed by atoms with van der Waals surface area (Å²) in [4.78, 5) is 0. The Labute approximate surface area is 72.8 Å². The Bertz CT molecular complexity index is 352. The molecule has 0 unspecified atom stereocenters. The lowest BCUT2D eigenvalue weighted by atomic mass is 10.2. The Balaban J connectivity index is 0.000000720. The van der Waals surface area contributed by atoms with Crippen LogP contribution in [0, 0.1) is 6.92 Å². The molecule has 2 nitrogen and oxygen atoms in total. The van der Waals surface area contributed by atoms with Crippen molar-refractivity contribution in [3.05, 3.63) is 30.0 Å². The Morgan fingerprint density at radius 2 is 1.92 bits per heavy atom. The first kappa shape index (κ1) is 8.78. The van der Waals surface area contributed by atoms with Crippen LogP contribution in [0.25, 0.3) is 10.9 Å². The number of aromatic nitrogens is 2. The van der Waals surface area contributed by atoms with Gasteiger partial charge in [-0.3, -0.25) is 4.68 Å². The van der Waals surface area contributed by atoms with E-state index >= 15 is 0 Å². The lowest BCUT2D eigenvalue weighted by Crippen LogP contribution is -1.88. The van der Waals surface area contributed by atoms with Crippen molar-refractivity contribution in [3.8, 4) is 0 Å². The number of benzene rings is 1. The standard InChI is InChI=1S/C9H10N2.CH4/c1-7-8-5-3-4-6-9(8)11(2)10-7;/h3-6H,1-2H3;1H4. The van der Waals surface area contributed by atoms with Gasteiger partial charge in [-0.15, -0.1) is 0 Å². The van der Waals surface area contributed by atoms with Gasteiger partial charge in [-0.25, -0.2) is 0 Å². The monoisotopic (exact) mass is 162 g/mol. The Hall–Kier alpha value is -1.31. The van der Waals surface area contributed by atoms with Gasteiger partial charge in [0.05, 0.1) is 11.2 Å². The Morgan fingerprint density at radius 1 is 1.25 bits per heavy atom. The van der Waals surface area contributed by atoms with E-state index in [2.05, 4.69) is 17.2 Å². The van der Waals surface area contributed by atoms with Crippen LogP contribution in [-0.2, 0) is 7.05 Å². The van der Waals surface area contributed by atoms with Crippen molar-refractivity contribution in [1.82, 2.24) is 9.78 Å². The fourth-order valence-corrected chi connectivity index (χ4v) is 1.39. The minimum atomic E-state index is 0. The minimum Gasteiger partial charge on any atom is -0.268 e. The molecule has 0 amide bonds. The highest BCUT2D eigenvalue weighted by Crippen LogP contribution is 2.15. The maximum Gasteiger partial charge on any atom is 0.0681 e. The Morgan fingerprint density at radius 3 is 2.58 bits per heavy atom. The van der Waals surface area contributed by atoms with Crippen molar-refractivity contribution in [3.63, 3.8) is 0 Å². The summed E-state index contributed by atoms with van der Waals surface area (Å²) in [7, 11) is 1.97. The van der Waals surface area contributed by atoms with Crippen LogP contribution < -0.4 is 0 Å². The predicted molar refractivity (Wildman–Crippen MR) is 52.2 cm³/mol. The van der Waals surface area contributed by atoms with Crippen molar-refractivity contribution < 1.29 is 0 Å². The first-order valence-electron chi connectivity index (χ1n) is 3.67. The molecule has 0 saturated heterocycles. The molecular formula is C10H14N2. The van der Waals surface area contributed by atoms with Crippen molar-refractivity contribution >= 4 is 10.9 Å². The van der Waals surface area contributed by atoms with Crippen molar-refractivity contribution in [2.75, 3.05) is 0 Å². The molecule has 2 aromatic rings. The zero-order chi connectivity index (χ0) is 7.84. The van der Waals surface area contributed by atoms with Crippen molar-refractivity contribution in [1.29, 1.82) is 0 Å². The van der Waals surface area contributed by atoms with Gasteiger partial charge in [0.2, 0.25) is 0 Å². The van der Waals surface area contributed by atoms with E-state index in [1.165, 1.54) is 10.9 Å². The third-order valence-electron chi connectivity index (χ3n) is 1.94. The minimum absolute atomic E-state index is 0. The Kier molecular flexibility index (Phi) is 2.18. The molecule has 0 aliphatic rings. The predicted octanol–water partition coefficient (Wildman–Crippen LogP) is 2.52. The number of fused-ring (bicyclic) bond motifs is 1. The smallest absolute Gasteiger partial charge is 0.0681 e. The van der Waals surface area contributed by atoms with Crippen LogP contribution in [0.5, 0.6) is 0 Å². The van der Waals surface area contributed by atoms with Crippen LogP contribution in [0.15, 0.2) is 24.3 Å². The molecule has 0 atom stereocenters. The molecule has 64 valence electrons. The molecule has 12 heavy (non-hydrogen) atoms. The lowest BCUT2D eigenvalue weighted by Gasteiger charge is -1.90. The van der Waals surface area contributed by atoms with E-state index < -0.39 is 0 Å². The number of rotatable bonds is 0. The van der Waals surface area contributed by atoms with E-state index in [9.17, 15) is 0 Å². The summed E-state index contributed by atoms with van der Waals surface area (Å²) in [6, 6.07) is 8.24. The molecule has 0 N–H and O–H groups in total. The van der Waals surface area contributed by atoms with Crippen LogP contribution in [0.2, 0.25) is 0 Å². The quantitative estimate of drug-likeness (QED) is 0.582. The lowest BCUT2D eigenvalue weighted by molar-refractivity contribution is 0.783. The van der Waals surface area contributed by atoms with Crippen LogP contribution in [-0.4, -0.2) is 9.78 Å². The molecule has 0 aliphatic heterocycles. The molecule has 2 rings (SSSR count). The average molecular weight is 162 g/mol. The number of aryl methyl sites for hydroxylation is 2. The molecule has 0 aliphatic carbocycles. The van der Waals surface area contributed by atoms with Gasteiger partial charge < -0.3 is 0 Å². The van der Waals surface area contributed by atoms with Crippen LogP contribution in [0.4, 0.5) is 0 Å². The van der Waals surface area contributed by atoms with Gasteiger partial charge >= 0.3 is 0 Å². The SMILES string of the molecule is C.Cc1nn(C)c2ccccc12. The maximum atomic E-state index is 4.31. The third-order valence-corrected chi connectivity index (χ3v) is 1.94. The fraction of sp³-hybridized carbons (Fsp3) is 0.300. The number of hydrogen-bond acceptors (Lipinski definition) is 1. The number of para-hydroxylation sites is 1. The molecule has 0 fully saturated rings. The molecule has 1 aromatic heterocycles. The molecule has 2 heteroatoms. The summed E-state index contributed by atoms with van der Waals surface area (Å²) in [6.45, 7) is 2.03. The second kappa shape index (κ2) is 2.97. The molecule has 0 spiro atoms. The molecule has 0 radical (unpaired) electrons. The normalized spacial score (nSPS) is 9.83. The van der Waals surface area contributed by atoms with Gasteiger partial charge in [0, 0.05) is 12.4 Å². The van der Waals surface area contributed by atoms with Crippen LogP contribution >= 0.6 is 0 Å². The van der Waals surface area contributed by atoms with Crippen LogP contribution in [0.1, 0.15) is 13.1 Å². The van der Waals surface area contributed by atoms with E-state index in [0.717, 1.165) is 5.69 Å². The highest BCUT2D eigenvalue weighted by molar-refractivity contribution is 5.81. The second-order valence-corrected chi connectivity index (χ2v) is 2.73. The summed E-state index contributed by atoms with van der Waals surface area (Å²) < 4.78 is 1.91. The summed E-state index contributed by atoms with van der Waals surface area (Å²) in [5, 5.41) is 5.55. The zero-order valence-electron chi connectivity index (χ0n) is 6.70. The van der Waals surface area contributed by atoms with Gasteiger partial charge in [-0.05, 0) is 13.0 Å². The molecule has 1 heterocycles. The van der Waals surface area contributed by atoms with Gasteiger partial charge in [0.25, 0.3) is 0 Å². The van der Waals surface area contributed by atoms with Gasteiger partial charge in [-0.2, -0.15) is 5.10 Å². The number of hydrogen-bond donors (Lipinski definition) is 0. The van der Waals surface area contributed by atoms with E-state index in [0.29, 0.717) is 0 Å². The molecule has 1 aromatic carbocycles. The van der Waals surface area contributed by atoms with Gasteiger partial charge in [-0.1, -0.05) is 25.6 Å². The number of nitrogens with zero attached hydrogens (tertiary/aromatic N) is 2. The largest absolute Gasteiger partial charge is 0.268 e. The highest BCUT2D eigenvalue weighted by Gasteiger charge is 2.00. The zero-order valence-corrected chi connectivity index (χ0v) is 6.70. The third kappa shape index (κ3) is 1.09. The van der Waals surface area contributed by atoms with E-state index in [-0.39, 0.29) is 7.43 Å². The van der Waals surface area contributed by atoms with Crippen molar-refractivity contribution in [2.45, 2.75) is 14.4 Å². The van der Waals surface area contributed by atoms with E-state index in [1.807, 2.05) is 30.8 Å². The summed E-state index contributed by atoms with van der Waals surface area (Å²) in [5.74, 6) is 0. The molecule has 0 bridgehead atoms. The topological polar surface area (TPSA) is 17.8 Å². The van der Waals surface area contributed by atoms with Crippen molar-refractivity contribution in [2.24, 2.45) is 7.05 Å². The maximum absolute atomic E-state index is 4.31. The fourth-order valence-electron chi connectivity index (χ4n) is 1.39. The van der Waals surface area contributed by atoms with Gasteiger partial charge in [0.1, 0.15) is 0 Å². The van der Waals surface area contributed by atoms with Crippen LogP contribution in [0.3, 0.4) is 0 Å².